The summed E-state index contributed by atoms with van der Waals surface area (Å²) in [5, 5.41) is 0. The monoisotopic (exact) mass is 1400 g/mol. The standard InChI is InChI=1S/C50H96O18Si15/c1-30-32-80(22,23)65-47-38(56-71-7)37(55-70-6)40(58-73-9)39(38,57-72-8)48(47,66-81(24,25)33-31-2)49(40,46(37,47)64-79(19,20)21)68-83(28,29)53-34-76(12)61-43-41(59-74-10)36(54-69-5)35(51-3)44(41,62-77(13,14)15)50(43,67-82(26,27)52-4)45(35,63-78(16,17)18)42(36,43)60-75-11/h34H,30-33H2,1-29H3/b76-34+. The lowest BCUT2D eigenvalue weighted by molar-refractivity contribution is -0.840. The Bertz CT molecular complexity index is 2610. The van der Waals surface area contributed by atoms with Gasteiger partial charge in [-0.1, -0.05) is 26.7 Å². The van der Waals surface area contributed by atoms with E-state index in [4.69, 9.17) is 80.0 Å². The molecule has 0 N–H and O–H groups in total. The minimum atomic E-state index is -3.50. The van der Waals surface area contributed by atoms with Crippen molar-refractivity contribution >= 4 is 142 Å². The van der Waals surface area contributed by atoms with Crippen LogP contribution in [0.5, 0.6) is 0 Å². The van der Waals surface area contributed by atoms with Gasteiger partial charge in [0.15, 0.2) is 131 Å². The Labute approximate surface area is 524 Å². The summed E-state index contributed by atoms with van der Waals surface area (Å²) in [6, 6.07) is 1.84. The molecule has 33 heteroatoms. The fraction of sp³-hybridized carbons (Fsp3) is 0.980. The summed E-state index contributed by atoms with van der Waals surface area (Å²) in [6.45, 7) is 58.7. The van der Waals surface area contributed by atoms with Crippen LogP contribution in [0.15, 0.2) is 0 Å². The van der Waals surface area contributed by atoms with Crippen LogP contribution in [0.4, 0.5) is 0 Å². The van der Waals surface area contributed by atoms with E-state index in [1.165, 1.54) is 0 Å². The summed E-state index contributed by atoms with van der Waals surface area (Å²) in [7, 11) is -17.7. The fourth-order valence-corrected chi connectivity index (χ4v) is 40.3. The lowest BCUT2D eigenvalue weighted by atomic mass is 8.87. The van der Waals surface area contributed by atoms with Crippen molar-refractivity contribution in [2.24, 2.45) is 0 Å². The second-order valence-electron chi connectivity index (χ2n) is 29.3. The minimum absolute atomic E-state index is 0.0228. The van der Waals surface area contributed by atoms with E-state index >= 15 is 0 Å². The van der Waals surface area contributed by atoms with Gasteiger partial charge in [0.1, 0.15) is 0 Å². The predicted molar refractivity (Wildman–Crippen MR) is 344 cm³/mol. The van der Waals surface area contributed by atoms with Gasteiger partial charge in [-0.05, 0) is 176 Å². The number of methoxy groups -OCH3 is 1. The van der Waals surface area contributed by atoms with E-state index in [0.29, 0.717) is 0 Å². The second kappa shape index (κ2) is 19.4. The van der Waals surface area contributed by atoms with E-state index in [9.17, 15) is 0 Å². The Balaban J connectivity index is 1.16. The normalized spacial score (nSPS) is 46.8. The summed E-state index contributed by atoms with van der Waals surface area (Å²) in [4.78, 5) is 0. The quantitative estimate of drug-likeness (QED) is 0.0566. The molecule has 14 radical (unpaired) electrons. The first kappa shape index (κ1) is 68.0. The van der Waals surface area contributed by atoms with E-state index in [0.717, 1.165) is 24.9 Å². The molecule has 464 valence electrons. The number of hydrogen-bond donors (Lipinski definition) is 0. The smallest absolute Gasteiger partial charge is 0.392 e. The molecule has 0 aromatic heterocycles. The number of ether oxygens (including phenoxy) is 1. The van der Waals surface area contributed by atoms with Crippen molar-refractivity contribution in [3.63, 3.8) is 0 Å². The third-order valence-corrected chi connectivity index (χ3v) is 36.1. The minimum Gasteiger partial charge on any atom is -0.534 e. The molecule has 12 atom stereocenters. The lowest BCUT2D eigenvalue weighted by Gasteiger charge is -3.24. The van der Waals surface area contributed by atoms with E-state index < -0.39 is 157 Å². The molecule has 18 nitrogen and oxygen atoms in total. The van der Waals surface area contributed by atoms with Crippen LogP contribution in [0.25, 0.3) is 0 Å². The summed E-state index contributed by atoms with van der Waals surface area (Å²) in [5.74, 6) is 1.91. The molecule has 12 unspecified atom stereocenters. The molecular weight excluding hydrogens is 1310 g/mol. The molecule has 0 spiro atoms. The van der Waals surface area contributed by atoms with E-state index in [1.54, 1.807) is 14.2 Å². The van der Waals surface area contributed by atoms with Gasteiger partial charge in [0, 0.05) is 14.2 Å². The van der Waals surface area contributed by atoms with Crippen LogP contribution in [-0.2, 0) is 80.0 Å². The van der Waals surface area contributed by atoms with E-state index in [1.807, 2.05) is 25.5 Å². The van der Waals surface area contributed by atoms with Gasteiger partial charge in [-0.3, -0.25) is 0 Å². The first-order valence-electron chi connectivity index (χ1n) is 29.7. The Morgan fingerprint density at radius 1 is 0.337 bits per heavy atom. The Morgan fingerprint density at radius 2 is 0.590 bits per heavy atom. The van der Waals surface area contributed by atoms with Crippen LogP contribution in [-0.4, -0.2) is 245 Å². The Morgan fingerprint density at radius 3 is 0.867 bits per heavy atom. The average Bonchev–Trinajstić information content (AvgIpc) is 0.502. The zero-order chi connectivity index (χ0) is 62.3. The SMILES string of the molecule is CCC[Si](C)(C)OC12C3(O[Si]C)C4(O[Si]C)C5(O[Si]C)C3(O[Si]C)C1(O[Si](C)(C)CCC)C5(O[Si](C)(C)O/C=[Si](\C)OC13C5(O[Si]C)C6(O[Si]C)C7(OC)C5(O[Si](C)(C)C)C1(O[Si](C)(C)OC)C7(O[Si](C)(C)C)C63O[Si]C)C42O[Si](C)(C)C. The molecule has 12 aliphatic rings. The molecule has 0 aromatic rings. The van der Waals surface area contributed by atoms with Gasteiger partial charge in [0.2, 0.25) is 68.3 Å². The first-order chi connectivity index (χ1) is 38.2. The number of hydrogen-bond acceptors (Lipinski definition) is 18. The van der Waals surface area contributed by atoms with Crippen molar-refractivity contribution in [1.29, 1.82) is 0 Å². The van der Waals surface area contributed by atoms with Crippen LogP contribution in [0, 0.1) is 0 Å². The highest BCUT2D eigenvalue weighted by atomic mass is 28.4. The zero-order valence-corrected chi connectivity index (χ0v) is 70.3. The zero-order valence-electron chi connectivity index (χ0n) is 55.3. The number of rotatable bonds is 38. The molecule has 0 aromatic carbocycles. The third-order valence-electron chi connectivity index (χ3n) is 20.0. The van der Waals surface area contributed by atoms with Crippen molar-refractivity contribution in [1.82, 2.24) is 0 Å². The van der Waals surface area contributed by atoms with Crippen LogP contribution < -0.4 is 0 Å². The highest BCUT2D eigenvalue weighted by Gasteiger charge is 3.48. The van der Waals surface area contributed by atoms with Crippen molar-refractivity contribution in [3.05, 3.63) is 0 Å². The summed E-state index contributed by atoms with van der Waals surface area (Å²) < 4.78 is 137. The molecule has 0 aliphatic heterocycles. The third kappa shape index (κ3) is 5.78. The van der Waals surface area contributed by atoms with Gasteiger partial charge in [0.05, 0.1) is 5.86 Å². The second-order valence-corrected chi connectivity index (χ2v) is 63.6. The van der Waals surface area contributed by atoms with Crippen molar-refractivity contribution in [2.75, 3.05) is 14.2 Å². The largest absolute Gasteiger partial charge is 0.534 e. The van der Waals surface area contributed by atoms with Crippen LogP contribution in [0.3, 0.4) is 0 Å². The van der Waals surface area contributed by atoms with Gasteiger partial charge in [-0.2, -0.15) is 0 Å². The molecule has 12 saturated carbocycles. The maximum atomic E-state index is 8.29. The van der Waals surface area contributed by atoms with Crippen molar-refractivity contribution in [3.8, 4) is 0 Å². The maximum absolute atomic E-state index is 8.29. The molecule has 0 saturated heterocycles. The molecule has 0 bridgehead atoms. The molecule has 83 heavy (non-hydrogen) atoms. The summed E-state index contributed by atoms with van der Waals surface area (Å²) >= 11 is 0. The van der Waals surface area contributed by atoms with Crippen molar-refractivity contribution in [2.45, 2.75) is 292 Å². The fourth-order valence-electron chi connectivity index (χ4n) is 20.7. The average molecular weight is 1410 g/mol. The van der Waals surface area contributed by atoms with Crippen LogP contribution in [0.1, 0.15) is 26.7 Å². The van der Waals surface area contributed by atoms with E-state index in [2.05, 4.69) is 158 Å². The van der Waals surface area contributed by atoms with Crippen molar-refractivity contribution < 1.29 is 80.0 Å². The van der Waals surface area contributed by atoms with Gasteiger partial charge in [-0.15, -0.1) is 0 Å². The molecule has 0 heterocycles. The van der Waals surface area contributed by atoms with Gasteiger partial charge in [0.25, 0.3) is 8.65 Å². The maximum Gasteiger partial charge on any atom is 0.392 e. The van der Waals surface area contributed by atoms with Crippen LogP contribution >= 0.6 is 0 Å². The molecule has 0 amide bonds. The highest BCUT2D eigenvalue weighted by Crippen LogP contribution is 3.18. The van der Waals surface area contributed by atoms with Gasteiger partial charge in [-0.25, -0.2) is 0 Å². The van der Waals surface area contributed by atoms with Crippen LogP contribution in [0.2, 0.25) is 176 Å². The van der Waals surface area contributed by atoms with Gasteiger partial charge < -0.3 is 80.0 Å². The molecule has 12 fully saturated rings. The molecule has 12 rings (SSSR count). The molecule has 12 aliphatic carbocycles. The van der Waals surface area contributed by atoms with Gasteiger partial charge >= 0.3 is 17.1 Å². The highest BCUT2D eigenvalue weighted by molar-refractivity contribution is 6.74. The lowest BCUT2D eigenvalue weighted by Crippen LogP contribution is -3.53. The first-order valence-corrected chi connectivity index (χ1v) is 63.6. The Kier molecular flexibility index (Phi) is 15.9. The Hall–Kier alpha value is 2.08. The predicted octanol–water partition coefficient (Wildman–Crippen LogP) is 7.27. The topological polar surface area (TPSA) is 166 Å². The summed E-state index contributed by atoms with van der Waals surface area (Å²) in [5.41, 5.74) is -19.3. The van der Waals surface area contributed by atoms with E-state index in [-0.39, 0.29) is 68.3 Å². The molecular formula is C50H96O18Si15. The summed E-state index contributed by atoms with van der Waals surface area (Å²) in [6.07, 6.45) is 1.92.